The van der Waals surface area contributed by atoms with Gasteiger partial charge in [-0.3, -0.25) is 14.9 Å². The van der Waals surface area contributed by atoms with E-state index in [1.165, 1.54) is 23.0 Å². The van der Waals surface area contributed by atoms with Crippen molar-refractivity contribution in [2.24, 2.45) is 0 Å². The Morgan fingerprint density at radius 1 is 1.21 bits per heavy atom. The van der Waals surface area contributed by atoms with E-state index in [4.69, 9.17) is 23.2 Å². The monoisotopic (exact) mass is 448 g/mol. The number of carbonyl (C=O) groups excluding carboxylic acids is 2. The van der Waals surface area contributed by atoms with Gasteiger partial charge in [0.25, 0.3) is 5.91 Å². The van der Waals surface area contributed by atoms with Gasteiger partial charge in [-0.1, -0.05) is 34.5 Å². The van der Waals surface area contributed by atoms with Crippen molar-refractivity contribution in [1.29, 1.82) is 0 Å². The predicted octanol–water partition coefficient (Wildman–Crippen LogP) is 3.71. The smallest absolute Gasteiger partial charge is 0.259 e. The third-order valence-corrected chi connectivity index (χ3v) is 5.69. The van der Waals surface area contributed by atoms with E-state index >= 15 is 0 Å². The maximum absolute atomic E-state index is 12.7. The highest BCUT2D eigenvalue weighted by atomic mass is 35.5. The summed E-state index contributed by atoms with van der Waals surface area (Å²) in [5.41, 5.74) is 2.60. The first kappa shape index (κ1) is 19.6. The molecule has 2 aromatic heterocycles. The van der Waals surface area contributed by atoms with Crippen molar-refractivity contribution < 1.29 is 9.59 Å². The van der Waals surface area contributed by atoms with Crippen molar-refractivity contribution in [1.82, 2.24) is 15.2 Å². The number of halogens is 2. The fourth-order valence-electron chi connectivity index (χ4n) is 2.91. The summed E-state index contributed by atoms with van der Waals surface area (Å²) in [6, 6.07) is 7.97. The molecule has 1 aromatic carbocycles. The molecule has 1 unspecified atom stereocenters. The lowest BCUT2D eigenvalue weighted by atomic mass is 10.2. The van der Waals surface area contributed by atoms with Gasteiger partial charge in [-0.15, -0.1) is 10.2 Å². The van der Waals surface area contributed by atoms with E-state index in [0.717, 1.165) is 0 Å². The van der Waals surface area contributed by atoms with Crippen molar-refractivity contribution in [2.45, 2.75) is 12.5 Å². The predicted molar refractivity (Wildman–Crippen MR) is 113 cm³/mol. The minimum Gasteiger partial charge on any atom is -0.358 e. The lowest BCUT2D eigenvalue weighted by Crippen LogP contribution is -2.33. The number of aromatic nitrogens is 3. The van der Waals surface area contributed by atoms with Crippen LogP contribution in [0.25, 0.3) is 0 Å². The van der Waals surface area contributed by atoms with Gasteiger partial charge < -0.3 is 10.2 Å². The molecule has 1 atom stereocenters. The molecule has 4 rings (SSSR count). The Bertz CT molecular complexity index is 1050. The molecular formula is C18H14Cl2N6O2S. The average molecular weight is 449 g/mol. The molecule has 1 saturated heterocycles. The third kappa shape index (κ3) is 4.31. The van der Waals surface area contributed by atoms with Gasteiger partial charge in [-0.05, 0) is 36.8 Å². The average Bonchev–Trinajstić information content (AvgIpc) is 3.35. The molecule has 1 aliphatic heterocycles. The molecule has 11 heteroatoms. The third-order valence-electron chi connectivity index (χ3n) is 4.35. The zero-order chi connectivity index (χ0) is 20.4. The molecule has 0 aliphatic carbocycles. The standard InChI is InChI=1S/C18H14Cl2N6O2S/c19-12-3-2-11(7-13(12)20)26-6-5-14(17(26)28)23-15-4-1-10(8-21-15)16(27)24-18-25-22-9-29-18/h1-4,7-9,14H,5-6H2,(H,21,23)(H,24,25,27). The van der Waals surface area contributed by atoms with Crippen molar-refractivity contribution in [3.05, 3.63) is 57.6 Å². The molecule has 29 heavy (non-hydrogen) atoms. The van der Waals surface area contributed by atoms with Crippen molar-refractivity contribution in [2.75, 3.05) is 22.1 Å². The highest BCUT2D eigenvalue weighted by molar-refractivity contribution is 7.13. The summed E-state index contributed by atoms with van der Waals surface area (Å²) >= 11 is 13.2. The Kier molecular flexibility index (Phi) is 5.61. The van der Waals surface area contributed by atoms with Crippen LogP contribution in [0.15, 0.2) is 42.0 Å². The van der Waals surface area contributed by atoms with Crippen LogP contribution in [0.3, 0.4) is 0 Å². The van der Waals surface area contributed by atoms with Gasteiger partial charge in [-0.2, -0.15) is 0 Å². The maximum Gasteiger partial charge on any atom is 0.259 e. The van der Waals surface area contributed by atoms with E-state index in [9.17, 15) is 9.59 Å². The van der Waals surface area contributed by atoms with Gasteiger partial charge in [0.05, 0.1) is 15.6 Å². The van der Waals surface area contributed by atoms with Crippen LogP contribution in [0.2, 0.25) is 10.0 Å². The van der Waals surface area contributed by atoms with Crippen LogP contribution in [0.5, 0.6) is 0 Å². The lowest BCUT2D eigenvalue weighted by molar-refractivity contribution is -0.117. The normalized spacial score (nSPS) is 16.1. The molecular weight excluding hydrogens is 435 g/mol. The van der Waals surface area contributed by atoms with E-state index in [2.05, 4.69) is 25.8 Å². The summed E-state index contributed by atoms with van der Waals surface area (Å²) in [6.07, 6.45) is 2.05. The molecule has 0 radical (unpaired) electrons. The molecule has 1 fully saturated rings. The number of hydrogen-bond acceptors (Lipinski definition) is 7. The number of carbonyl (C=O) groups is 2. The fourth-order valence-corrected chi connectivity index (χ4v) is 3.64. The summed E-state index contributed by atoms with van der Waals surface area (Å²) in [4.78, 5) is 30.8. The number of amides is 2. The molecule has 3 heterocycles. The molecule has 8 nitrogen and oxygen atoms in total. The first-order valence-electron chi connectivity index (χ1n) is 8.58. The molecule has 2 amide bonds. The molecule has 2 N–H and O–H groups in total. The van der Waals surface area contributed by atoms with Crippen LogP contribution in [0, 0.1) is 0 Å². The number of nitrogens with zero attached hydrogens (tertiary/aromatic N) is 4. The van der Waals surface area contributed by atoms with Crippen LogP contribution < -0.4 is 15.5 Å². The zero-order valence-corrected chi connectivity index (χ0v) is 17.1. The van der Waals surface area contributed by atoms with Crippen LogP contribution in [0.4, 0.5) is 16.6 Å². The molecule has 0 spiro atoms. The van der Waals surface area contributed by atoms with Gasteiger partial charge in [0.1, 0.15) is 17.4 Å². The van der Waals surface area contributed by atoms with Gasteiger partial charge >= 0.3 is 0 Å². The molecule has 148 valence electrons. The van der Waals surface area contributed by atoms with E-state index in [0.29, 0.717) is 45.2 Å². The minimum absolute atomic E-state index is 0.0803. The highest BCUT2D eigenvalue weighted by Crippen LogP contribution is 2.30. The number of pyridine rings is 1. The second-order valence-electron chi connectivity index (χ2n) is 6.20. The number of benzene rings is 1. The zero-order valence-electron chi connectivity index (χ0n) is 14.8. The fraction of sp³-hybridized carbons (Fsp3) is 0.167. The Morgan fingerprint density at radius 2 is 2.07 bits per heavy atom. The second kappa shape index (κ2) is 8.32. The number of nitrogens with one attached hydrogen (secondary N) is 2. The number of rotatable bonds is 5. The van der Waals surface area contributed by atoms with E-state index in [1.54, 1.807) is 35.2 Å². The second-order valence-corrected chi connectivity index (χ2v) is 7.85. The summed E-state index contributed by atoms with van der Waals surface area (Å²) < 4.78 is 0. The SMILES string of the molecule is O=C(Nc1nncs1)c1ccc(NC2CCN(c3ccc(Cl)c(Cl)c3)C2=O)nc1. The number of anilines is 3. The van der Waals surface area contributed by atoms with Crippen molar-refractivity contribution >= 4 is 63.0 Å². The van der Waals surface area contributed by atoms with E-state index < -0.39 is 6.04 Å². The summed E-state index contributed by atoms with van der Waals surface area (Å²) in [7, 11) is 0. The van der Waals surface area contributed by atoms with Gasteiger partial charge in [0.15, 0.2) is 0 Å². The van der Waals surface area contributed by atoms with Gasteiger partial charge in [-0.25, -0.2) is 4.98 Å². The molecule has 0 bridgehead atoms. The Balaban J connectivity index is 1.40. The van der Waals surface area contributed by atoms with Crippen LogP contribution in [-0.2, 0) is 4.79 Å². The Labute approximate surface area is 179 Å². The van der Waals surface area contributed by atoms with E-state index in [-0.39, 0.29) is 11.8 Å². The first-order valence-corrected chi connectivity index (χ1v) is 10.2. The van der Waals surface area contributed by atoms with Crippen molar-refractivity contribution in [3.63, 3.8) is 0 Å². The molecule has 3 aromatic rings. The van der Waals surface area contributed by atoms with Gasteiger partial charge in [0.2, 0.25) is 11.0 Å². The van der Waals surface area contributed by atoms with Crippen LogP contribution >= 0.6 is 34.5 Å². The van der Waals surface area contributed by atoms with Crippen LogP contribution in [-0.4, -0.2) is 39.6 Å². The summed E-state index contributed by atoms with van der Waals surface area (Å²) in [6.45, 7) is 0.552. The van der Waals surface area contributed by atoms with Gasteiger partial charge in [0, 0.05) is 18.4 Å². The quantitative estimate of drug-likeness (QED) is 0.616. The van der Waals surface area contributed by atoms with E-state index in [1.807, 2.05) is 0 Å². The summed E-state index contributed by atoms with van der Waals surface area (Å²) in [5, 5.41) is 14.4. The topological polar surface area (TPSA) is 100 Å². The minimum atomic E-state index is -0.418. The summed E-state index contributed by atoms with van der Waals surface area (Å²) in [5.74, 6) is 0.0959. The highest BCUT2D eigenvalue weighted by Gasteiger charge is 2.33. The maximum atomic E-state index is 12.7. The first-order chi connectivity index (χ1) is 14.0. The number of hydrogen-bond donors (Lipinski definition) is 2. The largest absolute Gasteiger partial charge is 0.358 e. The molecule has 0 saturated carbocycles. The van der Waals surface area contributed by atoms with Crippen LogP contribution in [0.1, 0.15) is 16.8 Å². The lowest BCUT2D eigenvalue weighted by Gasteiger charge is -2.18. The molecule has 1 aliphatic rings. The Hall–Kier alpha value is -2.75. The Morgan fingerprint density at radius 3 is 2.76 bits per heavy atom. The van der Waals surface area contributed by atoms with Crippen molar-refractivity contribution in [3.8, 4) is 0 Å².